The number of nitrogens with one attached hydrogen (secondary N) is 1. The molecule has 3 saturated heterocycles. The largest absolute Gasteiger partial charge is 0.477 e. The van der Waals surface area contributed by atoms with Gasteiger partial charge >= 0.3 is 11.9 Å². The summed E-state index contributed by atoms with van der Waals surface area (Å²) in [4.78, 5) is 59.6. The number of aliphatic hydroxyl groups is 2. The summed E-state index contributed by atoms with van der Waals surface area (Å²) < 4.78 is 5.11. The number of thiazole rings is 1. The summed E-state index contributed by atoms with van der Waals surface area (Å²) in [6.45, 7) is -1.14. The third-order valence-corrected chi connectivity index (χ3v) is 7.47. The van der Waals surface area contributed by atoms with Gasteiger partial charge in [-0.25, -0.2) is 9.78 Å². The first kappa shape index (κ1) is 23.2. The summed E-state index contributed by atoms with van der Waals surface area (Å²) in [6.07, 6.45) is -1.22. The van der Waals surface area contributed by atoms with Gasteiger partial charge in [-0.05, 0) is 0 Å². The van der Waals surface area contributed by atoms with Gasteiger partial charge in [0.1, 0.15) is 17.1 Å². The number of rotatable bonds is 8. The van der Waals surface area contributed by atoms with Crippen molar-refractivity contribution in [2.45, 2.75) is 29.7 Å². The first-order valence-corrected chi connectivity index (χ1v) is 11.5. The Kier molecular flexibility index (Phi) is 6.17. The highest BCUT2D eigenvalue weighted by Crippen LogP contribution is 2.51. The van der Waals surface area contributed by atoms with E-state index >= 15 is 0 Å². The smallest absolute Gasteiger partial charge is 0.370 e. The van der Waals surface area contributed by atoms with E-state index in [1.54, 1.807) is 0 Å². The zero-order valence-corrected chi connectivity index (χ0v) is 18.4. The van der Waals surface area contributed by atoms with Gasteiger partial charge in [-0.1, -0.05) is 5.16 Å². The minimum atomic E-state index is -2.09. The standard InChI is InChI=1S/C17H19N5O9S2/c18-16-19-8(5-33-16)10(21-31-7(2-23)3-24)12(26)20-11-13(27)22-14(11)32-4-6-1-9(25)30-17(6,22)15(28)29/h5-7,11,14,23-24H,1-4H2,(H2,18,19)(H,20,26)(H,28,29)/b21-10-/t6-,11+,14+,17+/m0/s1. The maximum atomic E-state index is 13.0. The van der Waals surface area contributed by atoms with Crippen molar-refractivity contribution in [2.75, 3.05) is 24.7 Å². The molecule has 4 rings (SSSR count). The number of hydrogen-bond donors (Lipinski definition) is 5. The molecule has 16 heteroatoms. The van der Waals surface area contributed by atoms with Crippen LogP contribution in [-0.2, 0) is 28.8 Å². The van der Waals surface area contributed by atoms with Crippen molar-refractivity contribution in [3.8, 4) is 0 Å². The van der Waals surface area contributed by atoms with Crippen LogP contribution in [-0.4, -0.2) is 96.9 Å². The second-order valence-electron chi connectivity index (χ2n) is 7.36. The number of carboxylic acids is 1. The molecule has 3 aliphatic rings. The number of thioether (sulfide) groups is 1. The second kappa shape index (κ2) is 8.77. The number of nitrogens with two attached hydrogens (primary N) is 1. The minimum absolute atomic E-state index is 0.0383. The van der Waals surface area contributed by atoms with Crippen LogP contribution in [0.25, 0.3) is 0 Å². The molecule has 4 heterocycles. The number of amides is 2. The Labute approximate surface area is 193 Å². The molecule has 178 valence electrons. The molecule has 0 radical (unpaired) electrons. The van der Waals surface area contributed by atoms with E-state index in [0.717, 1.165) is 16.2 Å². The average molecular weight is 501 g/mol. The molecule has 0 saturated carbocycles. The number of carboxylic acid groups (broad SMARTS) is 1. The Balaban J connectivity index is 1.55. The summed E-state index contributed by atoms with van der Waals surface area (Å²) in [6, 6.07) is -1.12. The summed E-state index contributed by atoms with van der Waals surface area (Å²) >= 11 is 2.25. The number of anilines is 1. The van der Waals surface area contributed by atoms with E-state index in [4.69, 9.17) is 25.5 Å². The number of carbonyl (C=O) groups excluding carboxylic acids is 3. The van der Waals surface area contributed by atoms with Crippen molar-refractivity contribution in [1.29, 1.82) is 0 Å². The lowest BCUT2D eigenvalue weighted by atomic mass is 9.89. The lowest BCUT2D eigenvalue weighted by Gasteiger charge is -2.56. The number of β-lactam (4-membered cyclic amide) rings is 1. The fourth-order valence-electron chi connectivity index (χ4n) is 3.77. The average Bonchev–Trinajstić information content (AvgIpc) is 3.36. The van der Waals surface area contributed by atoms with Gasteiger partial charge in [0, 0.05) is 17.1 Å². The molecule has 6 N–H and O–H groups in total. The van der Waals surface area contributed by atoms with E-state index in [1.165, 1.54) is 17.1 Å². The number of carbonyl (C=O) groups is 4. The predicted molar refractivity (Wildman–Crippen MR) is 112 cm³/mol. The highest BCUT2D eigenvalue weighted by Gasteiger charge is 2.71. The third kappa shape index (κ3) is 3.77. The van der Waals surface area contributed by atoms with Gasteiger partial charge in [0.25, 0.3) is 17.5 Å². The molecular weight excluding hydrogens is 482 g/mol. The number of nitrogens with zero attached hydrogens (tertiary/aromatic N) is 3. The van der Waals surface area contributed by atoms with E-state index in [9.17, 15) is 24.3 Å². The quantitative estimate of drug-likeness (QED) is 0.109. The predicted octanol–water partition coefficient (Wildman–Crippen LogP) is -2.46. The molecule has 0 bridgehead atoms. The molecule has 0 spiro atoms. The monoisotopic (exact) mass is 501 g/mol. The zero-order valence-electron chi connectivity index (χ0n) is 16.7. The van der Waals surface area contributed by atoms with Crippen LogP contribution in [0, 0.1) is 5.92 Å². The van der Waals surface area contributed by atoms with Crippen molar-refractivity contribution in [1.82, 2.24) is 15.2 Å². The molecule has 0 aliphatic carbocycles. The van der Waals surface area contributed by atoms with Crippen LogP contribution in [0.15, 0.2) is 10.5 Å². The number of hydrogen-bond acceptors (Lipinski definition) is 13. The Morgan fingerprint density at radius 1 is 1.42 bits per heavy atom. The van der Waals surface area contributed by atoms with Gasteiger partial charge in [0.15, 0.2) is 16.9 Å². The fraction of sp³-hybridized carbons (Fsp3) is 0.529. The van der Waals surface area contributed by atoms with Crippen LogP contribution in [0.5, 0.6) is 0 Å². The molecule has 3 aliphatic heterocycles. The third-order valence-electron chi connectivity index (χ3n) is 5.38. The number of aliphatic carboxylic acids is 1. The highest BCUT2D eigenvalue weighted by molar-refractivity contribution is 8.00. The number of nitrogen functional groups attached to an aromatic ring is 1. The molecule has 3 fully saturated rings. The van der Waals surface area contributed by atoms with Crippen molar-refractivity contribution in [2.24, 2.45) is 11.1 Å². The van der Waals surface area contributed by atoms with Gasteiger partial charge in [0.05, 0.1) is 19.6 Å². The molecule has 1 aromatic heterocycles. The molecular formula is C17H19N5O9S2. The topological polar surface area (TPSA) is 214 Å². The SMILES string of the molecule is Nc1nc(/C(=N/OC(CO)CO)C(=O)N[C@@H]2C(=O)N3[C@@H]2SC[C@@H]2CC(=O)O[C@@]23C(=O)O)cs1. The van der Waals surface area contributed by atoms with E-state index < -0.39 is 66.1 Å². The van der Waals surface area contributed by atoms with E-state index in [1.807, 2.05) is 0 Å². The summed E-state index contributed by atoms with van der Waals surface area (Å²) in [7, 11) is 0. The van der Waals surface area contributed by atoms with Gasteiger partial charge in [-0.15, -0.1) is 23.1 Å². The number of aliphatic hydroxyl groups excluding tert-OH is 2. The number of aromatic nitrogens is 1. The zero-order chi connectivity index (χ0) is 23.9. The Morgan fingerprint density at radius 2 is 2.15 bits per heavy atom. The van der Waals surface area contributed by atoms with Gasteiger partial charge in [-0.2, -0.15) is 0 Å². The number of fused-ring (bicyclic) bond motifs is 3. The molecule has 2 amide bonds. The van der Waals surface area contributed by atoms with E-state index in [0.29, 0.717) is 0 Å². The molecule has 33 heavy (non-hydrogen) atoms. The van der Waals surface area contributed by atoms with Crippen molar-refractivity contribution >= 4 is 57.7 Å². The van der Waals surface area contributed by atoms with Gasteiger partial charge < -0.3 is 35.9 Å². The van der Waals surface area contributed by atoms with Crippen molar-refractivity contribution in [3.05, 3.63) is 11.1 Å². The van der Waals surface area contributed by atoms with Gasteiger partial charge in [-0.3, -0.25) is 19.3 Å². The van der Waals surface area contributed by atoms with Crippen LogP contribution in [0.1, 0.15) is 12.1 Å². The molecule has 0 aromatic carbocycles. The van der Waals surface area contributed by atoms with E-state index in [-0.39, 0.29) is 28.7 Å². The van der Waals surface area contributed by atoms with Crippen LogP contribution in [0.4, 0.5) is 5.13 Å². The Morgan fingerprint density at radius 3 is 2.76 bits per heavy atom. The number of esters is 1. The molecule has 4 atom stereocenters. The molecule has 1 aromatic rings. The Hall–Kier alpha value is -2.95. The maximum absolute atomic E-state index is 13.0. The number of ether oxygens (including phenoxy) is 1. The fourth-order valence-corrected chi connectivity index (χ4v) is 5.88. The summed E-state index contributed by atoms with van der Waals surface area (Å²) in [5, 5.41) is 35.0. The Bertz CT molecular complexity index is 1030. The highest BCUT2D eigenvalue weighted by atomic mass is 32.2. The first-order chi connectivity index (χ1) is 15.7. The molecule has 0 unspecified atom stereocenters. The van der Waals surface area contributed by atoms with Crippen LogP contribution >= 0.6 is 23.1 Å². The minimum Gasteiger partial charge on any atom is -0.477 e. The summed E-state index contributed by atoms with van der Waals surface area (Å²) in [5.74, 6) is -4.23. The second-order valence-corrected chi connectivity index (χ2v) is 9.40. The first-order valence-electron chi connectivity index (χ1n) is 9.60. The normalized spacial score (nSPS) is 28.6. The van der Waals surface area contributed by atoms with Crippen molar-refractivity contribution < 1.29 is 44.1 Å². The number of oxime groups is 1. The maximum Gasteiger partial charge on any atom is 0.370 e. The summed E-state index contributed by atoms with van der Waals surface area (Å²) in [5.41, 5.74) is 3.20. The lowest BCUT2D eigenvalue weighted by Crippen LogP contribution is -2.80. The van der Waals surface area contributed by atoms with Crippen molar-refractivity contribution in [3.63, 3.8) is 0 Å². The van der Waals surface area contributed by atoms with Gasteiger partial charge in [0.2, 0.25) is 0 Å². The van der Waals surface area contributed by atoms with Crippen LogP contribution < -0.4 is 11.1 Å². The van der Waals surface area contributed by atoms with Crippen LogP contribution in [0.2, 0.25) is 0 Å². The van der Waals surface area contributed by atoms with E-state index in [2.05, 4.69) is 15.5 Å². The lowest BCUT2D eigenvalue weighted by molar-refractivity contribution is -0.215. The van der Waals surface area contributed by atoms with Crippen LogP contribution in [0.3, 0.4) is 0 Å². The molecule has 14 nitrogen and oxygen atoms in total.